The van der Waals surface area contributed by atoms with Crippen LogP contribution in [0.4, 0.5) is 4.39 Å². The molecule has 3 aromatic carbocycles. The average molecular weight is 555 g/mol. The molecule has 1 aliphatic heterocycles. The number of phenols is 2. The summed E-state index contributed by atoms with van der Waals surface area (Å²) in [6.07, 6.45) is 1.05. The first-order valence-electron chi connectivity index (χ1n) is 12.5. The van der Waals surface area contributed by atoms with Crippen molar-refractivity contribution in [3.63, 3.8) is 0 Å². The van der Waals surface area contributed by atoms with Crippen LogP contribution in [0.5, 0.6) is 11.5 Å². The van der Waals surface area contributed by atoms with Gasteiger partial charge in [-0.3, -0.25) is 9.59 Å². The van der Waals surface area contributed by atoms with Gasteiger partial charge in [0.15, 0.2) is 11.6 Å². The molecule has 3 atom stereocenters. The Morgan fingerprint density at radius 2 is 1.44 bits per heavy atom. The Hall–Kier alpha value is -3.60. The third-order valence-electron chi connectivity index (χ3n) is 7.17. The number of benzene rings is 3. The number of likely N-dealkylation sites (tertiary alicyclic amines) is 1. The molecule has 3 aromatic rings. The van der Waals surface area contributed by atoms with E-state index in [1.54, 1.807) is 43.3 Å². The van der Waals surface area contributed by atoms with E-state index in [1.807, 2.05) is 4.90 Å². The van der Waals surface area contributed by atoms with Crippen LogP contribution in [0.2, 0.25) is 0 Å². The lowest BCUT2D eigenvalue weighted by molar-refractivity contribution is 0.0576. The Bertz CT molecular complexity index is 1430. The van der Waals surface area contributed by atoms with E-state index in [-0.39, 0.29) is 60.4 Å². The second kappa shape index (κ2) is 11.6. The predicted octanol–water partition coefficient (Wildman–Crippen LogP) is 3.49. The topological polar surface area (TPSA) is 124 Å². The van der Waals surface area contributed by atoms with Gasteiger partial charge in [0, 0.05) is 55.1 Å². The summed E-state index contributed by atoms with van der Waals surface area (Å²) in [4.78, 5) is 29.8. The molecule has 10 heteroatoms. The first-order valence-corrected chi connectivity index (χ1v) is 14.4. The summed E-state index contributed by atoms with van der Waals surface area (Å²) in [6, 6.07) is 16.5. The molecule has 1 aliphatic rings. The second-order valence-corrected chi connectivity index (χ2v) is 11.8. The monoisotopic (exact) mass is 554 g/mol. The number of nitrogens with one attached hydrogen (secondary N) is 1. The van der Waals surface area contributed by atoms with Gasteiger partial charge >= 0.3 is 0 Å². The summed E-state index contributed by atoms with van der Waals surface area (Å²) in [6.45, 7) is 2.28. The number of hydrogen-bond acceptors (Lipinski definition) is 7. The van der Waals surface area contributed by atoms with Crippen LogP contribution in [0.3, 0.4) is 0 Å². The quantitative estimate of drug-likeness (QED) is 0.346. The van der Waals surface area contributed by atoms with Crippen LogP contribution in [0.1, 0.15) is 37.8 Å². The van der Waals surface area contributed by atoms with Crippen LogP contribution >= 0.6 is 0 Å². The van der Waals surface area contributed by atoms with Crippen LogP contribution in [0.25, 0.3) is 0 Å². The van der Waals surface area contributed by atoms with Crippen molar-refractivity contribution in [3.8, 4) is 11.5 Å². The van der Waals surface area contributed by atoms with Gasteiger partial charge in [-0.1, -0.05) is 36.4 Å². The van der Waals surface area contributed by atoms with Gasteiger partial charge in [0.05, 0.1) is 6.26 Å². The summed E-state index contributed by atoms with van der Waals surface area (Å²) in [5.74, 6) is -3.63. The summed E-state index contributed by atoms with van der Waals surface area (Å²) in [5, 5.41) is 20.1. The lowest BCUT2D eigenvalue weighted by atomic mass is 9.68. The third kappa shape index (κ3) is 6.70. The maximum atomic E-state index is 14.8. The number of phenolic OH excluding ortho intramolecular Hbond substituents is 2. The number of sulfonamides is 1. The van der Waals surface area contributed by atoms with Crippen molar-refractivity contribution in [2.75, 3.05) is 32.4 Å². The standard InChI is InChI=1S/C29H31FN2O6S/c1-18-23(10-5-11-26(18)30)27-24(28(35)19-6-3-8-21(33)14-19)16-32(13-12-31-39(2,37)38)17-25(27)29(36)20-7-4-9-22(34)15-20/h3-11,14-15,24-25,27,31,33-34H,12-13,16-17H2,1-2H3/t24-,25+,27+. The number of hydrogen-bond donors (Lipinski definition) is 3. The average Bonchev–Trinajstić information content (AvgIpc) is 2.88. The highest BCUT2D eigenvalue weighted by atomic mass is 32.2. The first-order chi connectivity index (χ1) is 18.4. The fourth-order valence-electron chi connectivity index (χ4n) is 5.37. The molecule has 3 N–H and O–H groups in total. The van der Waals surface area contributed by atoms with E-state index in [0.717, 1.165) is 6.26 Å². The van der Waals surface area contributed by atoms with Gasteiger partial charge in [-0.05, 0) is 48.4 Å². The number of aromatic hydroxyl groups is 2. The van der Waals surface area contributed by atoms with Crippen molar-refractivity contribution >= 4 is 21.6 Å². The van der Waals surface area contributed by atoms with E-state index >= 15 is 0 Å². The van der Waals surface area contributed by atoms with Crippen molar-refractivity contribution < 1.29 is 32.6 Å². The zero-order valence-corrected chi connectivity index (χ0v) is 22.5. The molecule has 0 bridgehead atoms. The summed E-state index contributed by atoms with van der Waals surface area (Å²) in [5.41, 5.74) is 1.36. The molecule has 39 heavy (non-hydrogen) atoms. The second-order valence-electron chi connectivity index (χ2n) is 9.95. The molecule has 0 unspecified atom stereocenters. The highest BCUT2D eigenvalue weighted by Crippen LogP contribution is 2.42. The normalized spacial score (nSPS) is 20.0. The van der Waals surface area contributed by atoms with E-state index in [9.17, 15) is 32.6 Å². The fourth-order valence-corrected chi connectivity index (χ4v) is 5.83. The number of carbonyl (C=O) groups is 2. The molecule has 1 heterocycles. The van der Waals surface area contributed by atoms with Crippen molar-refractivity contribution in [2.24, 2.45) is 11.8 Å². The number of Topliss-reactive ketones (excluding diaryl/α,β-unsaturated/α-hetero) is 2. The van der Waals surface area contributed by atoms with Crippen molar-refractivity contribution in [3.05, 3.63) is 94.8 Å². The van der Waals surface area contributed by atoms with Gasteiger partial charge in [-0.25, -0.2) is 17.5 Å². The minimum atomic E-state index is -3.45. The number of rotatable bonds is 9. The maximum Gasteiger partial charge on any atom is 0.208 e. The highest BCUT2D eigenvalue weighted by Gasteiger charge is 2.45. The highest BCUT2D eigenvalue weighted by molar-refractivity contribution is 7.88. The lowest BCUT2D eigenvalue weighted by Crippen LogP contribution is -2.52. The Morgan fingerprint density at radius 3 is 1.92 bits per heavy atom. The Morgan fingerprint density at radius 1 is 0.923 bits per heavy atom. The van der Waals surface area contributed by atoms with Crippen molar-refractivity contribution in [2.45, 2.75) is 12.8 Å². The molecule has 0 aliphatic carbocycles. The Kier molecular flexibility index (Phi) is 8.48. The minimum absolute atomic E-state index is 0.0720. The molecule has 0 aromatic heterocycles. The largest absolute Gasteiger partial charge is 0.508 e. The van der Waals surface area contributed by atoms with E-state index in [0.29, 0.717) is 11.1 Å². The third-order valence-corrected chi connectivity index (χ3v) is 7.90. The number of piperidine rings is 1. The van der Waals surface area contributed by atoms with Crippen LogP contribution < -0.4 is 4.72 Å². The van der Waals surface area contributed by atoms with Gasteiger partial charge in [-0.2, -0.15) is 0 Å². The molecule has 0 saturated carbocycles. The SMILES string of the molecule is Cc1c(F)cccc1[C@@H]1[C@@H](C(=O)c2cccc(O)c2)CN(CCNS(C)(=O)=O)C[C@H]1C(=O)c1cccc(O)c1. The van der Waals surface area contributed by atoms with Gasteiger partial charge in [-0.15, -0.1) is 0 Å². The first kappa shape index (κ1) is 28.4. The number of ketones is 2. The van der Waals surface area contributed by atoms with Gasteiger partial charge in [0.25, 0.3) is 0 Å². The molecule has 8 nitrogen and oxygen atoms in total. The van der Waals surface area contributed by atoms with Gasteiger partial charge in [0.2, 0.25) is 10.0 Å². The Labute approximate surface area is 227 Å². The van der Waals surface area contributed by atoms with Crippen LogP contribution in [0, 0.1) is 24.6 Å². The molecule has 0 spiro atoms. The molecule has 206 valence electrons. The smallest absolute Gasteiger partial charge is 0.208 e. The van der Waals surface area contributed by atoms with E-state index in [4.69, 9.17) is 0 Å². The van der Waals surface area contributed by atoms with E-state index < -0.39 is 33.6 Å². The lowest BCUT2D eigenvalue weighted by Gasteiger charge is -2.43. The molecule has 4 rings (SSSR count). The molecule has 0 amide bonds. The van der Waals surface area contributed by atoms with Gasteiger partial charge < -0.3 is 15.1 Å². The summed E-state index contributed by atoms with van der Waals surface area (Å²) >= 11 is 0. The number of halogens is 1. The minimum Gasteiger partial charge on any atom is -0.508 e. The molecular weight excluding hydrogens is 523 g/mol. The molecule has 1 saturated heterocycles. The molecule has 1 fully saturated rings. The Balaban J connectivity index is 1.82. The van der Waals surface area contributed by atoms with Gasteiger partial charge in [0.1, 0.15) is 17.3 Å². The predicted molar refractivity (Wildman–Crippen MR) is 145 cm³/mol. The zero-order valence-electron chi connectivity index (χ0n) is 21.7. The van der Waals surface area contributed by atoms with E-state index in [2.05, 4.69) is 4.72 Å². The zero-order chi connectivity index (χ0) is 28.3. The van der Waals surface area contributed by atoms with Crippen LogP contribution in [-0.4, -0.2) is 67.5 Å². The summed E-state index contributed by atoms with van der Waals surface area (Å²) < 4.78 is 40.5. The van der Waals surface area contributed by atoms with Crippen molar-refractivity contribution in [1.82, 2.24) is 9.62 Å². The van der Waals surface area contributed by atoms with Crippen molar-refractivity contribution in [1.29, 1.82) is 0 Å². The number of carbonyl (C=O) groups excluding carboxylic acids is 2. The fraction of sp³-hybridized carbons (Fsp3) is 0.310. The molecule has 0 radical (unpaired) electrons. The van der Waals surface area contributed by atoms with E-state index in [1.165, 1.54) is 30.3 Å². The number of nitrogens with zero attached hydrogens (tertiary/aromatic N) is 1. The summed E-state index contributed by atoms with van der Waals surface area (Å²) in [7, 11) is -3.45. The molecular formula is C29H31FN2O6S. The van der Waals surface area contributed by atoms with Crippen LogP contribution in [-0.2, 0) is 10.0 Å². The van der Waals surface area contributed by atoms with Crippen LogP contribution in [0.15, 0.2) is 66.7 Å². The maximum absolute atomic E-state index is 14.8.